The Bertz CT molecular complexity index is 1040. The molecular formula is C20H15Cl2NO3S. The van der Waals surface area contributed by atoms with Gasteiger partial charge in [-0.1, -0.05) is 47.5 Å². The first-order chi connectivity index (χ1) is 13.0. The molecule has 1 N–H and O–H groups in total. The summed E-state index contributed by atoms with van der Waals surface area (Å²) >= 11 is 13.2. The van der Waals surface area contributed by atoms with Gasteiger partial charge < -0.3 is 10.1 Å². The number of fused-ring (bicyclic) bond motifs is 1. The van der Waals surface area contributed by atoms with Crippen LogP contribution in [-0.2, 0) is 9.53 Å². The van der Waals surface area contributed by atoms with Crippen LogP contribution >= 0.6 is 34.5 Å². The molecule has 0 saturated carbocycles. The molecule has 0 aliphatic carbocycles. The van der Waals surface area contributed by atoms with Crippen molar-refractivity contribution in [2.24, 2.45) is 0 Å². The number of carbonyl (C=O) groups excluding carboxylic acids is 2. The van der Waals surface area contributed by atoms with Gasteiger partial charge in [0.1, 0.15) is 10.6 Å². The van der Waals surface area contributed by atoms with Crippen LogP contribution in [0.2, 0.25) is 10.0 Å². The van der Waals surface area contributed by atoms with Gasteiger partial charge in [0.25, 0.3) is 0 Å². The van der Waals surface area contributed by atoms with E-state index in [9.17, 15) is 9.59 Å². The fraction of sp³-hybridized carbons (Fsp3) is 0.100. The molecular weight excluding hydrogens is 405 g/mol. The fourth-order valence-electron chi connectivity index (χ4n) is 2.48. The van der Waals surface area contributed by atoms with Crippen molar-refractivity contribution < 1.29 is 14.3 Å². The minimum absolute atomic E-state index is 0.258. The first-order valence-electron chi connectivity index (χ1n) is 8.12. The predicted octanol–water partition coefficient (Wildman–Crippen LogP) is 6.04. The molecule has 1 amide bonds. The van der Waals surface area contributed by atoms with E-state index < -0.39 is 5.97 Å². The topological polar surface area (TPSA) is 55.4 Å². The van der Waals surface area contributed by atoms with E-state index in [1.54, 1.807) is 31.2 Å². The van der Waals surface area contributed by atoms with E-state index in [1.165, 1.54) is 17.4 Å². The standard InChI is InChI=1S/C20H15Cl2NO3S/c1-2-26-20(25)18-13-5-3-4-6-16(13)27-19(18)23-17(24)10-8-12-7-9-14(21)15(22)11-12/h3-11H,2H2,1H3,(H,23,24). The molecule has 3 aromatic rings. The van der Waals surface area contributed by atoms with E-state index in [2.05, 4.69) is 5.32 Å². The van der Waals surface area contributed by atoms with Crippen molar-refractivity contribution in [1.82, 2.24) is 0 Å². The van der Waals surface area contributed by atoms with Crippen molar-refractivity contribution in [3.05, 3.63) is 69.7 Å². The van der Waals surface area contributed by atoms with Gasteiger partial charge in [-0.15, -0.1) is 11.3 Å². The third-order valence-electron chi connectivity index (χ3n) is 3.68. The zero-order chi connectivity index (χ0) is 19.4. The Labute approximate surface area is 170 Å². The Morgan fingerprint density at radius 3 is 2.67 bits per heavy atom. The zero-order valence-corrected chi connectivity index (χ0v) is 16.6. The van der Waals surface area contributed by atoms with Crippen molar-refractivity contribution in [3.8, 4) is 0 Å². The number of amides is 1. The quantitative estimate of drug-likeness (QED) is 0.405. The van der Waals surface area contributed by atoms with Gasteiger partial charge in [0, 0.05) is 16.2 Å². The van der Waals surface area contributed by atoms with Gasteiger partial charge in [0.15, 0.2) is 0 Å². The Hall–Kier alpha value is -2.34. The van der Waals surface area contributed by atoms with E-state index in [0.717, 1.165) is 15.6 Å². The van der Waals surface area contributed by atoms with Crippen molar-refractivity contribution in [2.45, 2.75) is 6.92 Å². The third-order valence-corrected chi connectivity index (χ3v) is 5.51. The molecule has 0 bridgehead atoms. The molecule has 7 heteroatoms. The summed E-state index contributed by atoms with van der Waals surface area (Å²) in [4.78, 5) is 24.7. The summed E-state index contributed by atoms with van der Waals surface area (Å²) in [5, 5.41) is 4.84. The number of rotatable bonds is 5. The molecule has 2 aromatic carbocycles. The lowest BCUT2D eigenvalue weighted by Crippen LogP contribution is -2.12. The summed E-state index contributed by atoms with van der Waals surface area (Å²) in [6.07, 6.45) is 2.99. The number of benzene rings is 2. The molecule has 1 heterocycles. The molecule has 138 valence electrons. The average molecular weight is 420 g/mol. The lowest BCUT2D eigenvalue weighted by atomic mass is 10.1. The Morgan fingerprint density at radius 1 is 1.15 bits per heavy atom. The van der Waals surface area contributed by atoms with Gasteiger partial charge in [-0.25, -0.2) is 4.79 Å². The molecule has 0 aliphatic heterocycles. The largest absolute Gasteiger partial charge is 0.462 e. The van der Waals surface area contributed by atoms with Crippen LogP contribution < -0.4 is 5.32 Å². The molecule has 0 atom stereocenters. The van der Waals surface area contributed by atoms with Crippen molar-refractivity contribution in [1.29, 1.82) is 0 Å². The predicted molar refractivity (Wildman–Crippen MR) is 112 cm³/mol. The highest BCUT2D eigenvalue weighted by atomic mass is 35.5. The third kappa shape index (κ3) is 4.50. The van der Waals surface area contributed by atoms with Gasteiger partial charge in [0.05, 0.1) is 16.7 Å². The van der Waals surface area contributed by atoms with Gasteiger partial charge in [0.2, 0.25) is 5.91 Å². The van der Waals surface area contributed by atoms with Gasteiger partial charge >= 0.3 is 5.97 Å². The summed E-state index contributed by atoms with van der Waals surface area (Å²) in [7, 11) is 0. The number of nitrogens with one attached hydrogen (secondary N) is 1. The van der Waals surface area contributed by atoms with Gasteiger partial charge in [-0.05, 0) is 36.8 Å². The van der Waals surface area contributed by atoms with Crippen LogP contribution in [0.3, 0.4) is 0 Å². The Morgan fingerprint density at radius 2 is 1.93 bits per heavy atom. The number of thiophene rings is 1. The molecule has 3 rings (SSSR count). The second kappa shape index (κ2) is 8.57. The van der Waals surface area contributed by atoms with E-state index >= 15 is 0 Å². The summed E-state index contributed by atoms with van der Waals surface area (Å²) in [5.74, 6) is -0.822. The summed E-state index contributed by atoms with van der Waals surface area (Å²) in [6, 6.07) is 12.5. The smallest absolute Gasteiger partial charge is 0.341 e. The lowest BCUT2D eigenvalue weighted by Gasteiger charge is -2.05. The van der Waals surface area contributed by atoms with Gasteiger partial charge in [-0.2, -0.15) is 0 Å². The molecule has 0 fully saturated rings. The maximum absolute atomic E-state index is 12.4. The van der Waals surface area contributed by atoms with Crippen LogP contribution in [0.4, 0.5) is 5.00 Å². The van der Waals surface area contributed by atoms with Crippen LogP contribution in [0.25, 0.3) is 16.2 Å². The Balaban J connectivity index is 1.85. The van der Waals surface area contributed by atoms with Crippen molar-refractivity contribution in [2.75, 3.05) is 11.9 Å². The maximum Gasteiger partial charge on any atom is 0.341 e. The minimum Gasteiger partial charge on any atom is -0.462 e. The summed E-state index contributed by atoms with van der Waals surface area (Å²) in [5.41, 5.74) is 1.11. The van der Waals surface area contributed by atoms with E-state index in [-0.39, 0.29) is 12.5 Å². The highest BCUT2D eigenvalue weighted by Gasteiger charge is 2.20. The molecule has 0 spiro atoms. The second-order valence-electron chi connectivity index (χ2n) is 5.52. The average Bonchev–Trinajstić information content (AvgIpc) is 3.00. The van der Waals surface area contributed by atoms with Crippen LogP contribution in [0.1, 0.15) is 22.8 Å². The number of anilines is 1. The first kappa shape index (κ1) is 19.4. The van der Waals surface area contributed by atoms with Crippen molar-refractivity contribution >= 4 is 67.6 Å². The number of ether oxygens (including phenoxy) is 1. The highest BCUT2D eigenvalue weighted by molar-refractivity contribution is 7.23. The monoisotopic (exact) mass is 419 g/mol. The minimum atomic E-state index is -0.460. The van der Waals surface area contributed by atoms with Crippen LogP contribution in [-0.4, -0.2) is 18.5 Å². The molecule has 0 saturated heterocycles. The maximum atomic E-state index is 12.4. The number of hydrogen-bond donors (Lipinski definition) is 1. The zero-order valence-electron chi connectivity index (χ0n) is 14.3. The van der Waals surface area contributed by atoms with E-state index in [4.69, 9.17) is 27.9 Å². The number of esters is 1. The Kier molecular flexibility index (Phi) is 6.16. The molecule has 0 radical (unpaired) electrons. The number of hydrogen-bond acceptors (Lipinski definition) is 4. The fourth-order valence-corrected chi connectivity index (χ4v) is 3.88. The van der Waals surface area contributed by atoms with Crippen LogP contribution in [0, 0.1) is 0 Å². The van der Waals surface area contributed by atoms with Crippen molar-refractivity contribution in [3.63, 3.8) is 0 Å². The SMILES string of the molecule is CCOC(=O)c1c(NC(=O)C=Cc2ccc(Cl)c(Cl)c2)sc2ccccc12. The number of halogens is 2. The van der Waals surface area contributed by atoms with Crippen LogP contribution in [0.5, 0.6) is 0 Å². The van der Waals surface area contributed by atoms with Gasteiger partial charge in [-0.3, -0.25) is 4.79 Å². The summed E-state index contributed by atoms with van der Waals surface area (Å²) in [6.45, 7) is 2.00. The van der Waals surface area contributed by atoms with Crippen LogP contribution in [0.15, 0.2) is 48.5 Å². The molecule has 0 aliphatic rings. The molecule has 4 nitrogen and oxygen atoms in total. The lowest BCUT2D eigenvalue weighted by molar-refractivity contribution is -0.111. The normalized spacial score (nSPS) is 11.1. The molecule has 27 heavy (non-hydrogen) atoms. The highest BCUT2D eigenvalue weighted by Crippen LogP contribution is 2.36. The van der Waals surface area contributed by atoms with E-state index in [1.807, 2.05) is 24.3 Å². The summed E-state index contributed by atoms with van der Waals surface area (Å²) < 4.78 is 6.03. The molecule has 1 aromatic heterocycles. The second-order valence-corrected chi connectivity index (χ2v) is 7.39. The molecule has 0 unspecified atom stereocenters. The van der Waals surface area contributed by atoms with E-state index in [0.29, 0.717) is 20.6 Å². The number of carbonyl (C=O) groups is 2. The first-order valence-corrected chi connectivity index (χ1v) is 9.69.